The third-order valence-electron chi connectivity index (χ3n) is 2.93. The summed E-state index contributed by atoms with van der Waals surface area (Å²) in [5.74, 6) is 0.651. The number of hydrogen-bond donors (Lipinski definition) is 1. The molecule has 0 bridgehead atoms. The van der Waals surface area contributed by atoms with Crippen molar-refractivity contribution >= 4 is 0 Å². The van der Waals surface area contributed by atoms with Gasteiger partial charge in [-0.25, -0.2) is 0 Å². The molecule has 0 aliphatic rings. The van der Waals surface area contributed by atoms with E-state index in [9.17, 15) is 5.11 Å². The Morgan fingerprint density at radius 1 is 1.17 bits per heavy atom. The van der Waals surface area contributed by atoms with Gasteiger partial charge in [-0.05, 0) is 24.1 Å². The quantitative estimate of drug-likeness (QED) is 0.802. The Hall–Kier alpha value is -1.80. The molecule has 18 heavy (non-hydrogen) atoms. The first-order valence-corrected chi connectivity index (χ1v) is 6.26. The van der Waals surface area contributed by atoms with Crippen LogP contribution in [0.25, 0.3) is 0 Å². The highest BCUT2D eigenvalue weighted by atomic mass is 16.3. The fourth-order valence-corrected chi connectivity index (χ4v) is 1.98. The minimum Gasteiger partial charge on any atom is -0.469 e. The van der Waals surface area contributed by atoms with Crippen molar-refractivity contribution in [2.24, 2.45) is 0 Å². The molecule has 0 saturated carbocycles. The van der Waals surface area contributed by atoms with Gasteiger partial charge in [-0.3, -0.25) is 0 Å². The average Bonchev–Trinajstić information content (AvgIpc) is 2.94. The first kappa shape index (κ1) is 12.7. The molecule has 2 rings (SSSR count). The van der Waals surface area contributed by atoms with Gasteiger partial charge < -0.3 is 9.52 Å². The third-order valence-corrected chi connectivity index (χ3v) is 2.93. The van der Waals surface area contributed by atoms with E-state index in [0.29, 0.717) is 0 Å². The van der Waals surface area contributed by atoms with Gasteiger partial charge in [0.15, 0.2) is 0 Å². The van der Waals surface area contributed by atoms with Gasteiger partial charge in [0.25, 0.3) is 0 Å². The van der Waals surface area contributed by atoms with E-state index in [1.165, 1.54) is 0 Å². The molecule has 2 atom stereocenters. The summed E-state index contributed by atoms with van der Waals surface area (Å²) < 4.78 is 5.42. The lowest BCUT2D eigenvalue weighted by Crippen LogP contribution is -2.08. The Morgan fingerprint density at radius 3 is 2.56 bits per heavy atom. The van der Waals surface area contributed by atoms with Crippen LogP contribution < -0.4 is 0 Å². The molecule has 1 N–H and O–H groups in total. The van der Waals surface area contributed by atoms with E-state index >= 15 is 0 Å². The monoisotopic (exact) mass is 242 g/mol. The average molecular weight is 242 g/mol. The number of furan rings is 1. The van der Waals surface area contributed by atoms with Crippen LogP contribution >= 0.6 is 0 Å². The summed E-state index contributed by atoms with van der Waals surface area (Å²) in [7, 11) is 0. The highest BCUT2D eigenvalue weighted by Crippen LogP contribution is 2.32. The molecule has 2 heteroatoms. The van der Waals surface area contributed by atoms with E-state index in [1.54, 1.807) is 6.26 Å². The van der Waals surface area contributed by atoms with Crippen molar-refractivity contribution in [2.45, 2.75) is 25.4 Å². The van der Waals surface area contributed by atoms with Gasteiger partial charge in [0.2, 0.25) is 0 Å². The summed E-state index contributed by atoms with van der Waals surface area (Å²) in [6, 6.07) is 13.4. The van der Waals surface area contributed by atoms with Crippen LogP contribution in [0.15, 0.2) is 65.3 Å². The zero-order chi connectivity index (χ0) is 12.8. The fraction of sp³-hybridized carbons (Fsp3) is 0.250. The van der Waals surface area contributed by atoms with Gasteiger partial charge in [0, 0.05) is 0 Å². The molecule has 1 aromatic heterocycles. The van der Waals surface area contributed by atoms with Crippen molar-refractivity contribution in [3.05, 3.63) is 72.2 Å². The van der Waals surface area contributed by atoms with E-state index in [-0.39, 0.29) is 5.92 Å². The van der Waals surface area contributed by atoms with Crippen molar-refractivity contribution in [3.8, 4) is 0 Å². The molecule has 1 aromatic carbocycles. The Kier molecular flexibility index (Phi) is 4.37. The molecule has 2 aromatic rings. The van der Waals surface area contributed by atoms with Gasteiger partial charge in [-0.1, -0.05) is 49.4 Å². The molecule has 0 saturated heterocycles. The zero-order valence-corrected chi connectivity index (χ0v) is 10.5. The first-order valence-electron chi connectivity index (χ1n) is 6.26. The van der Waals surface area contributed by atoms with Gasteiger partial charge in [-0.15, -0.1) is 0 Å². The third kappa shape index (κ3) is 2.90. The van der Waals surface area contributed by atoms with Crippen molar-refractivity contribution in [1.82, 2.24) is 0 Å². The molecule has 0 aliphatic heterocycles. The molecular weight excluding hydrogens is 224 g/mol. The van der Waals surface area contributed by atoms with Crippen LogP contribution in [0.4, 0.5) is 0 Å². The SMILES string of the molecule is CC/C=C/C(c1ccco1)C(O)c1ccccc1. The predicted molar refractivity (Wildman–Crippen MR) is 72.3 cm³/mol. The molecular formula is C16H18O2. The number of hydrogen-bond acceptors (Lipinski definition) is 2. The number of benzene rings is 1. The normalized spacial score (nSPS) is 14.8. The number of rotatable bonds is 5. The first-order chi connectivity index (χ1) is 8.83. The van der Waals surface area contributed by atoms with Gasteiger partial charge in [0.05, 0.1) is 18.3 Å². The smallest absolute Gasteiger partial charge is 0.113 e. The highest BCUT2D eigenvalue weighted by molar-refractivity contribution is 5.25. The summed E-state index contributed by atoms with van der Waals surface area (Å²) in [4.78, 5) is 0. The summed E-state index contributed by atoms with van der Waals surface area (Å²) in [6.07, 6.45) is 6.06. The van der Waals surface area contributed by atoms with Crippen molar-refractivity contribution in [3.63, 3.8) is 0 Å². The van der Waals surface area contributed by atoms with Crippen LogP contribution in [0.2, 0.25) is 0 Å². The predicted octanol–water partition coefficient (Wildman–Crippen LogP) is 4.06. The van der Waals surface area contributed by atoms with E-state index in [1.807, 2.05) is 48.5 Å². The Labute approximate surface area is 108 Å². The topological polar surface area (TPSA) is 33.4 Å². The molecule has 0 amide bonds. The molecule has 0 spiro atoms. The van der Waals surface area contributed by atoms with Gasteiger partial charge in [0.1, 0.15) is 5.76 Å². The summed E-state index contributed by atoms with van der Waals surface area (Å²) in [6.45, 7) is 2.07. The zero-order valence-electron chi connectivity index (χ0n) is 10.5. The maximum atomic E-state index is 10.5. The molecule has 0 fully saturated rings. The lowest BCUT2D eigenvalue weighted by molar-refractivity contribution is 0.152. The fourth-order valence-electron chi connectivity index (χ4n) is 1.98. The molecule has 2 unspecified atom stereocenters. The summed E-state index contributed by atoms with van der Waals surface area (Å²) in [5.41, 5.74) is 0.902. The second-order valence-corrected chi connectivity index (χ2v) is 4.23. The van der Waals surface area contributed by atoms with Crippen molar-refractivity contribution < 1.29 is 9.52 Å². The number of aliphatic hydroxyl groups excluding tert-OH is 1. The molecule has 0 aliphatic carbocycles. The van der Waals surface area contributed by atoms with E-state index < -0.39 is 6.10 Å². The second-order valence-electron chi connectivity index (χ2n) is 4.23. The summed E-state index contributed by atoms with van der Waals surface area (Å²) in [5, 5.41) is 10.5. The van der Waals surface area contributed by atoms with Crippen LogP contribution in [-0.4, -0.2) is 5.11 Å². The lowest BCUT2D eigenvalue weighted by Gasteiger charge is -2.18. The standard InChI is InChI=1S/C16H18O2/c1-2-3-10-14(15-11-7-12-18-15)16(17)13-8-5-4-6-9-13/h3-12,14,16-17H,2H2,1H3/b10-3+. The van der Waals surface area contributed by atoms with Gasteiger partial charge >= 0.3 is 0 Å². The van der Waals surface area contributed by atoms with Crippen LogP contribution in [-0.2, 0) is 0 Å². The Bertz CT molecular complexity index is 471. The van der Waals surface area contributed by atoms with Crippen LogP contribution in [0.3, 0.4) is 0 Å². The second kappa shape index (κ2) is 6.22. The minimum absolute atomic E-state index is 0.137. The molecule has 0 radical (unpaired) electrons. The molecule has 2 nitrogen and oxygen atoms in total. The lowest BCUT2D eigenvalue weighted by atomic mass is 9.93. The van der Waals surface area contributed by atoms with Crippen LogP contribution in [0.5, 0.6) is 0 Å². The number of allylic oxidation sites excluding steroid dienone is 1. The van der Waals surface area contributed by atoms with Crippen molar-refractivity contribution in [2.75, 3.05) is 0 Å². The molecule has 1 heterocycles. The Morgan fingerprint density at radius 2 is 1.94 bits per heavy atom. The van der Waals surface area contributed by atoms with Crippen LogP contribution in [0.1, 0.15) is 36.7 Å². The van der Waals surface area contributed by atoms with Crippen LogP contribution in [0, 0.1) is 0 Å². The minimum atomic E-state index is -0.583. The van der Waals surface area contributed by atoms with E-state index in [4.69, 9.17) is 4.42 Å². The van der Waals surface area contributed by atoms with Crippen molar-refractivity contribution in [1.29, 1.82) is 0 Å². The van der Waals surface area contributed by atoms with Gasteiger partial charge in [-0.2, -0.15) is 0 Å². The van der Waals surface area contributed by atoms with E-state index in [2.05, 4.69) is 13.0 Å². The number of aliphatic hydroxyl groups is 1. The largest absolute Gasteiger partial charge is 0.469 e. The maximum absolute atomic E-state index is 10.5. The van der Waals surface area contributed by atoms with E-state index in [0.717, 1.165) is 17.7 Å². The Balaban J connectivity index is 2.27. The highest BCUT2D eigenvalue weighted by Gasteiger charge is 2.22. The summed E-state index contributed by atoms with van der Waals surface area (Å²) >= 11 is 0. The maximum Gasteiger partial charge on any atom is 0.113 e. The molecule has 94 valence electrons.